The van der Waals surface area contributed by atoms with Gasteiger partial charge in [-0.25, -0.2) is 4.79 Å². The van der Waals surface area contributed by atoms with E-state index in [-0.39, 0.29) is 0 Å². The van der Waals surface area contributed by atoms with E-state index in [1.165, 1.54) is 0 Å². The first-order valence-electron chi connectivity index (χ1n) is 6.68. The molecule has 1 aromatic carbocycles. The van der Waals surface area contributed by atoms with Gasteiger partial charge in [-0.05, 0) is 38.3 Å². The monoisotopic (exact) mass is 309 g/mol. The Kier molecular flexibility index (Phi) is 6.19. The van der Waals surface area contributed by atoms with Gasteiger partial charge < -0.3 is 14.6 Å². The van der Waals surface area contributed by atoms with Gasteiger partial charge in [-0.15, -0.1) is 0 Å². The Bertz CT molecular complexity index is 484. The first-order chi connectivity index (χ1) is 9.28. The molecule has 0 aliphatic carbocycles. The van der Waals surface area contributed by atoms with Gasteiger partial charge in [-0.3, -0.25) is 0 Å². The molecule has 20 heavy (non-hydrogen) atoms. The van der Waals surface area contributed by atoms with Crippen molar-refractivity contribution in [3.05, 3.63) is 35.9 Å². The number of para-hydroxylation sites is 1. The molecule has 0 aliphatic heterocycles. The third-order valence-electron chi connectivity index (χ3n) is 2.45. The fourth-order valence-electron chi connectivity index (χ4n) is 1.86. The summed E-state index contributed by atoms with van der Waals surface area (Å²) in [6.07, 6.45) is 3.24. The summed E-state index contributed by atoms with van der Waals surface area (Å²) >= 11 is 0. The molecule has 0 fully saturated rings. The molecule has 1 aromatic rings. The number of hydrogen-bond acceptors (Lipinski definition) is 3. The number of primary amides is 1. The van der Waals surface area contributed by atoms with E-state index in [9.17, 15) is 4.79 Å². The molecule has 6 heteroatoms. The largest absolute Gasteiger partial charge is 0.458 e. The summed E-state index contributed by atoms with van der Waals surface area (Å²) in [5, 5.41) is 0. The molecular formula is C14H23NO3Si2. The van der Waals surface area contributed by atoms with E-state index in [2.05, 4.69) is 32.3 Å². The number of carbonyl (C=O) groups is 1. The lowest BCUT2D eigenvalue weighted by atomic mass is 10.2. The summed E-state index contributed by atoms with van der Waals surface area (Å²) in [7, 11) is -2.61. The minimum Gasteiger partial charge on any atom is -0.458 e. The maximum Gasteiger partial charge on any atom is 0.409 e. The average Bonchev–Trinajstić information content (AvgIpc) is 2.28. The molecule has 0 saturated heterocycles. The Morgan fingerprint density at radius 2 is 2.00 bits per heavy atom. The number of hydrogen-bond donors (Lipinski definition) is 1. The van der Waals surface area contributed by atoms with Crippen LogP contribution in [0.3, 0.4) is 0 Å². The molecule has 0 heterocycles. The third kappa shape index (κ3) is 6.69. The van der Waals surface area contributed by atoms with Crippen LogP contribution in [0.15, 0.2) is 30.3 Å². The van der Waals surface area contributed by atoms with Crippen molar-refractivity contribution >= 4 is 29.5 Å². The fourth-order valence-corrected chi connectivity index (χ4v) is 7.59. The molecule has 110 valence electrons. The number of rotatable bonds is 6. The smallest absolute Gasteiger partial charge is 0.409 e. The maximum atomic E-state index is 10.8. The van der Waals surface area contributed by atoms with E-state index in [0.717, 1.165) is 11.6 Å². The summed E-state index contributed by atoms with van der Waals surface area (Å²) in [6, 6.07) is 8.27. The van der Waals surface area contributed by atoms with Gasteiger partial charge in [-0.1, -0.05) is 30.4 Å². The SMILES string of the molecule is C[SiH](CC=Cc1ccccc1OC(N)=O)O[Si](C)(C)C. The molecule has 0 aromatic heterocycles. The molecule has 0 spiro atoms. The van der Waals surface area contributed by atoms with Crippen LogP contribution in [0.5, 0.6) is 5.75 Å². The van der Waals surface area contributed by atoms with Crippen molar-refractivity contribution in [2.75, 3.05) is 0 Å². The second kappa shape index (κ2) is 7.42. The van der Waals surface area contributed by atoms with Crippen molar-refractivity contribution in [2.24, 2.45) is 5.73 Å². The van der Waals surface area contributed by atoms with E-state index < -0.39 is 23.5 Å². The topological polar surface area (TPSA) is 61.5 Å². The Hall–Kier alpha value is -1.38. The quantitative estimate of drug-likeness (QED) is 0.820. The summed E-state index contributed by atoms with van der Waals surface area (Å²) in [5.41, 5.74) is 5.89. The van der Waals surface area contributed by atoms with E-state index in [4.69, 9.17) is 14.6 Å². The highest BCUT2D eigenvalue weighted by atomic mass is 28.4. The van der Waals surface area contributed by atoms with Crippen molar-refractivity contribution in [1.29, 1.82) is 0 Å². The van der Waals surface area contributed by atoms with Crippen LogP contribution in [0.1, 0.15) is 5.56 Å². The van der Waals surface area contributed by atoms with Gasteiger partial charge in [0.2, 0.25) is 0 Å². The van der Waals surface area contributed by atoms with E-state index >= 15 is 0 Å². The van der Waals surface area contributed by atoms with Gasteiger partial charge in [0.05, 0.1) is 0 Å². The first kappa shape index (κ1) is 16.7. The zero-order chi connectivity index (χ0) is 15.2. The Morgan fingerprint density at radius 1 is 1.35 bits per heavy atom. The van der Waals surface area contributed by atoms with Gasteiger partial charge >= 0.3 is 6.09 Å². The zero-order valence-corrected chi connectivity index (χ0v) is 14.7. The van der Waals surface area contributed by atoms with Crippen LogP contribution in [0.2, 0.25) is 32.2 Å². The molecule has 0 saturated carbocycles. The predicted octanol–water partition coefficient (Wildman–Crippen LogP) is 3.36. The number of ether oxygens (including phenoxy) is 1. The van der Waals surface area contributed by atoms with Crippen LogP contribution in [0.25, 0.3) is 6.08 Å². The molecule has 1 atom stereocenters. The number of nitrogens with two attached hydrogens (primary N) is 1. The second-order valence-corrected chi connectivity index (χ2v) is 12.9. The summed E-state index contributed by atoms with van der Waals surface area (Å²) in [5.74, 6) is 0.483. The Morgan fingerprint density at radius 3 is 2.60 bits per heavy atom. The highest BCUT2D eigenvalue weighted by Gasteiger charge is 2.17. The average molecular weight is 310 g/mol. The van der Waals surface area contributed by atoms with E-state index in [1.54, 1.807) is 12.1 Å². The number of carbonyl (C=O) groups excluding carboxylic acids is 1. The van der Waals surface area contributed by atoms with E-state index in [1.807, 2.05) is 18.2 Å². The number of amides is 1. The van der Waals surface area contributed by atoms with Crippen LogP contribution in [-0.4, -0.2) is 23.5 Å². The van der Waals surface area contributed by atoms with Gasteiger partial charge in [0, 0.05) is 5.56 Å². The molecular weight excluding hydrogens is 286 g/mol. The summed E-state index contributed by atoms with van der Waals surface area (Å²) in [6.45, 7) is 8.82. The Labute approximate surface area is 123 Å². The van der Waals surface area contributed by atoms with Crippen molar-refractivity contribution in [2.45, 2.75) is 32.2 Å². The number of allylic oxidation sites excluding steroid dienone is 1. The molecule has 0 radical (unpaired) electrons. The standard InChI is InChI=1S/C14H23NO3Si2/c1-19(18-20(2,3)4)11-7-9-12-8-5-6-10-13(12)17-14(15)16/h5-10,19H,11H2,1-4H3,(H2,15,16). The molecule has 2 N–H and O–H groups in total. The molecule has 0 aliphatic rings. The van der Waals surface area contributed by atoms with Crippen molar-refractivity contribution in [3.63, 3.8) is 0 Å². The minimum absolute atomic E-state index is 0.483. The fraction of sp³-hybridized carbons (Fsp3) is 0.357. The molecule has 0 bridgehead atoms. The molecule has 4 nitrogen and oxygen atoms in total. The van der Waals surface area contributed by atoms with Crippen LogP contribution in [-0.2, 0) is 4.12 Å². The molecule has 1 amide bonds. The van der Waals surface area contributed by atoms with Gasteiger partial charge in [0.1, 0.15) is 5.75 Å². The lowest BCUT2D eigenvalue weighted by molar-refractivity contribution is 0.211. The van der Waals surface area contributed by atoms with E-state index in [0.29, 0.717) is 5.75 Å². The van der Waals surface area contributed by atoms with Crippen molar-refractivity contribution < 1.29 is 13.6 Å². The van der Waals surface area contributed by atoms with Crippen LogP contribution in [0.4, 0.5) is 4.79 Å². The lowest BCUT2D eigenvalue weighted by Crippen LogP contribution is -2.32. The first-order valence-corrected chi connectivity index (χ1v) is 12.5. The van der Waals surface area contributed by atoms with Crippen LogP contribution >= 0.6 is 0 Å². The molecule has 1 rings (SSSR count). The minimum atomic E-state index is -1.44. The zero-order valence-electron chi connectivity index (χ0n) is 12.6. The highest BCUT2D eigenvalue weighted by molar-refractivity contribution is 6.77. The normalized spacial score (nSPS) is 13.4. The van der Waals surface area contributed by atoms with Crippen molar-refractivity contribution in [3.8, 4) is 5.75 Å². The summed E-state index contributed by atoms with van der Waals surface area (Å²) < 4.78 is 11.0. The Balaban J connectivity index is 2.64. The van der Waals surface area contributed by atoms with Crippen LogP contribution in [0, 0.1) is 0 Å². The maximum absolute atomic E-state index is 10.8. The second-order valence-electron chi connectivity index (χ2n) is 5.64. The summed E-state index contributed by atoms with van der Waals surface area (Å²) in [4.78, 5) is 10.8. The predicted molar refractivity (Wildman–Crippen MR) is 87.9 cm³/mol. The van der Waals surface area contributed by atoms with Gasteiger partial charge in [-0.2, -0.15) is 0 Å². The van der Waals surface area contributed by atoms with Crippen molar-refractivity contribution in [1.82, 2.24) is 0 Å². The lowest BCUT2D eigenvalue weighted by Gasteiger charge is -2.22. The van der Waals surface area contributed by atoms with Gasteiger partial charge in [0.15, 0.2) is 17.4 Å². The highest BCUT2D eigenvalue weighted by Crippen LogP contribution is 2.20. The third-order valence-corrected chi connectivity index (χ3v) is 7.82. The number of benzene rings is 1. The van der Waals surface area contributed by atoms with Gasteiger partial charge in [0.25, 0.3) is 0 Å². The molecule has 1 unspecified atom stereocenters. The van der Waals surface area contributed by atoms with Crippen LogP contribution < -0.4 is 10.5 Å².